The Bertz CT molecular complexity index is 956. The zero-order valence-electron chi connectivity index (χ0n) is 11.8. The molecule has 4 rings (SSSR count). The molecule has 108 valence electrons. The molecule has 1 aliphatic rings. The second kappa shape index (κ2) is 4.71. The van der Waals surface area contributed by atoms with Crippen molar-refractivity contribution in [2.75, 3.05) is 5.32 Å². The summed E-state index contributed by atoms with van der Waals surface area (Å²) in [4.78, 5) is 16.8. The van der Waals surface area contributed by atoms with Gasteiger partial charge in [-0.25, -0.2) is 4.98 Å². The van der Waals surface area contributed by atoms with E-state index in [0.29, 0.717) is 10.6 Å². The summed E-state index contributed by atoms with van der Waals surface area (Å²) in [5.74, 6) is 0.600. The lowest BCUT2D eigenvalue weighted by Crippen LogP contribution is -2.04. The number of benzene rings is 2. The van der Waals surface area contributed by atoms with E-state index in [2.05, 4.69) is 10.3 Å². The summed E-state index contributed by atoms with van der Waals surface area (Å²) in [6.07, 6.45) is 1.80. The second-order valence-corrected chi connectivity index (χ2v) is 5.66. The number of hydrogen-bond donors (Lipinski definition) is 1. The highest BCUT2D eigenvalue weighted by Gasteiger charge is 2.25. The molecule has 0 atom stereocenters. The normalized spacial score (nSPS) is 15.4. The largest absolute Gasteiger partial charge is 0.328 e. The van der Waals surface area contributed by atoms with Crippen LogP contribution in [0.2, 0.25) is 5.02 Å². The van der Waals surface area contributed by atoms with E-state index in [1.807, 2.05) is 41.9 Å². The molecule has 0 spiro atoms. The maximum absolute atomic E-state index is 12.2. The number of anilines is 1. The van der Waals surface area contributed by atoms with Gasteiger partial charge >= 0.3 is 0 Å². The van der Waals surface area contributed by atoms with E-state index in [1.165, 1.54) is 0 Å². The van der Waals surface area contributed by atoms with E-state index in [0.717, 1.165) is 28.1 Å². The molecule has 22 heavy (non-hydrogen) atoms. The molecular weight excluding hydrogens is 298 g/mol. The Labute approximate surface area is 132 Å². The monoisotopic (exact) mass is 309 g/mol. The smallest absolute Gasteiger partial charge is 0.256 e. The van der Waals surface area contributed by atoms with Gasteiger partial charge in [-0.05, 0) is 36.4 Å². The molecule has 1 aliphatic heterocycles. The highest BCUT2D eigenvalue weighted by molar-refractivity contribution is 6.36. The van der Waals surface area contributed by atoms with Gasteiger partial charge < -0.3 is 9.88 Å². The molecule has 0 unspecified atom stereocenters. The molecule has 0 saturated heterocycles. The van der Waals surface area contributed by atoms with Gasteiger partial charge in [-0.2, -0.15) is 0 Å². The fourth-order valence-corrected chi connectivity index (χ4v) is 2.90. The molecule has 0 saturated carbocycles. The minimum Gasteiger partial charge on any atom is -0.328 e. The van der Waals surface area contributed by atoms with E-state index in [1.54, 1.807) is 18.2 Å². The number of imidazole rings is 1. The fraction of sp³-hybridized carbons (Fsp3) is 0.0588. The molecule has 0 bridgehead atoms. The molecule has 2 heterocycles. The molecule has 4 nitrogen and oxygen atoms in total. The third kappa shape index (κ3) is 1.92. The first-order valence-electron chi connectivity index (χ1n) is 6.88. The summed E-state index contributed by atoms with van der Waals surface area (Å²) in [7, 11) is 1.94. The summed E-state index contributed by atoms with van der Waals surface area (Å²) in [6, 6.07) is 13.2. The average Bonchev–Trinajstić information content (AvgIpc) is 2.99. The van der Waals surface area contributed by atoms with Gasteiger partial charge in [0, 0.05) is 23.3 Å². The third-order valence-corrected chi connectivity index (χ3v) is 4.09. The number of halogens is 1. The van der Waals surface area contributed by atoms with Crippen LogP contribution in [0.1, 0.15) is 11.4 Å². The molecular formula is C17H12ClN3O. The van der Waals surface area contributed by atoms with Crippen LogP contribution in [0.3, 0.4) is 0 Å². The van der Waals surface area contributed by atoms with Crippen molar-refractivity contribution in [3.8, 4) is 0 Å². The first-order valence-corrected chi connectivity index (χ1v) is 7.26. The van der Waals surface area contributed by atoms with E-state index in [9.17, 15) is 4.79 Å². The predicted molar refractivity (Wildman–Crippen MR) is 88.7 cm³/mol. The number of aryl methyl sites for hydroxylation is 1. The first kappa shape index (κ1) is 13.1. The van der Waals surface area contributed by atoms with Crippen LogP contribution in [0.15, 0.2) is 42.5 Å². The van der Waals surface area contributed by atoms with Crippen molar-refractivity contribution in [3.63, 3.8) is 0 Å². The number of amides is 1. The standard InChI is InChI=1S/C17H12ClN3O/c1-21-15-5-3-2-4-14(15)19-16(21)9-12-11-8-10(18)6-7-13(11)20-17(12)22/h2-9H,1H3,(H,20,22)/b12-9+. The van der Waals surface area contributed by atoms with Crippen molar-refractivity contribution in [2.45, 2.75) is 0 Å². The van der Waals surface area contributed by atoms with E-state index in [4.69, 9.17) is 11.6 Å². The maximum Gasteiger partial charge on any atom is 0.256 e. The number of nitrogens with one attached hydrogen (secondary N) is 1. The van der Waals surface area contributed by atoms with E-state index < -0.39 is 0 Å². The van der Waals surface area contributed by atoms with Crippen LogP contribution in [0.25, 0.3) is 22.7 Å². The Hall–Kier alpha value is -2.59. The summed E-state index contributed by atoms with van der Waals surface area (Å²) >= 11 is 6.05. The van der Waals surface area contributed by atoms with Crippen LogP contribution >= 0.6 is 11.6 Å². The molecule has 0 aliphatic carbocycles. The summed E-state index contributed by atoms with van der Waals surface area (Å²) < 4.78 is 1.97. The highest BCUT2D eigenvalue weighted by atomic mass is 35.5. The van der Waals surface area contributed by atoms with Gasteiger partial charge in [-0.1, -0.05) is 23.7 Å². The SMILES string of the molecule is Cn1c(/C=C2/C(=O)Nc3ccc(Cl)cc32)nc2ccccc21. The Morgan fingerprint density at radius 2 is 2.05 bits per heavy atom. The topological polar surface area (TPSA) is 46.9 Å². The number of para-hydroxylation sites is 2. The van der Waals surface area contributed by atoms with E-state index in [-0.39, 0.29) is 5.91 Å². The molecule has 3 aromatic rings. The van der Waals surface area contributed by atoms with Gasteiger partial charge in [-0.3, -0.25) is 4.79 Å². The van der Waals surface area contributed by atoms with Crippen LogP contribution in [-0.4, -0.2) is 15.5 Å². The predicted octanol–water partition coefficient (Wildman–Crippen LogP) is 3.72. The van der Waals surface area contributed by atoms with Crippen LogP contribution in [0.4, 0.5) is 5.69 Å². The van der Waals surface area contributed by atoms with Crippen molar-refractivity contribution < 1.29 is 4.79 Å². The summed E-state index contributed by atoms with van der Waals surface area (Å²) in [6.45, 7) is 0. The highest BCUT2D eigenvalue weighted by Crippen LogP contribution is 2.35. The van der Waals surface area contributed by atoms with E-state index >= 15 is 0 Å². The minimum atomic E-state index is -0.135. The molecule has 1 N–H and O–H groups in total. The lowest BCUT2D eigenvalue weighted by Gasteiger charge is -2.00. The van der Waals surface area contributed by atoms with Crippen molar-refractivity contribution in [2.24, 2.45) is 7.05 Å². The number of fused-ring (bicyclic) bond motifs is 2. The number of nitrogens with zero attached hydrogens (tertiary/aromatic N) is 2. The number of carbonyl (C=O) groups excluding carboxylic acids is 1. The molecule has 0 fully saturated rings. The fourth-order valence-electron chi connectivity index (χ4n) is 2.73. The van der Waals surface area contributed by atoms with Gasteiger partial charge in [0.15, 0.2) is 0 Å². The van der Waals surface area contributed by atoms with Gasteiger partial charge in [0.1, 0.15) is 5.82 Å². The average molecular weight is 310 g/mol. The minimum absolute atomic E-state index is 0.135. The summed E-state index contributed by atoms with van der Waals surface area (Å²) in [5, 5.41) is 3.45. The molecule has 5 heteroatoms. The van der Waals surface area contributed by atoms with Crippen molar-refractivity contribution >= 4 is 45.9 Å². The Balaban J connectivity index is 1.91. The molecule has 1 amide bonds. The zero-order chi connectivity index (χ0) is 15.3. The first-order chi connectivity index (χ1) is 10.6. The lowest BCUT2D eigenvalue weighted by molar-refractivity contribution is -0.110. The van der Waals surface area contributed by atoms with Crippen molar-refractivity contribution in [3.05, 3.63) is 58.9 Å². The van der Waals surface area contributed by atoms with Crippen molar-refractivity contribution in [1.82, 2.24) is 9.55 Å². The van der Waals surface area contributed by atoms with Gasteiger partial charge in [0.05, 0.1) is 16.6 Å². The molecule has 2 aromatic carbocycles. The van der Waals surface area contributed by atoms with Gasteiger partial charge in [-0.15, -0.1) is 0 Å². The van der Waals surface area contributed by atoms with Crippen molar-refractivity contribution in [1.29, 1.82) is 0 Å². The van der Waals surface area contributed by atoms with Crippen LogP contribution in [-0.2, 0) is 11.8 Å². The summed E-state index contributed by atoms with van der Waals surface area (Å²) in [5.41, 5.74) is 4.10. The second-order valence-electron chi connectivity index (χ2n) is 5.22. The number of hydrogen-bond acceptors (Lipinski definition) is 2. The zero-order valence-corrected chi connectivity index (χ0v) is 12.6. The Morgan fingerprint density at radius 1 is 1.23 bits per heavy atom. The van der Waals surface area contributed by atoms with Gasteiger partial charge in [0.2, 0.25) is 0 Å². The number of rotatable bonds is 1. The van der Waals surface area contributed by atoms with Crippen LogP contribution < -0.4 is 5.32 Å². The van der Waals surface area contributed by atoms with Crippen LogP contribution in [0, 0.1) is 0 Å². The Morgan fingerprint density at radius 3 is 2.86 bits per heavy atom. The molecule has 1 aromatic heterocycles. The number of carbonyl (C=O) groups is 1. The third-order valence-electron chi connectivity index (χ3n) is 3.86. The Kier molecular flexibility index (Phi) is 2.81. The number of aromatic nitrogens is 2. The maximum atomic E-state index is 12.2. The lowest BCUT2D eigenvalue weighted by atomic mass is 10.1. The molecule has 0 radical (unpaired) electrons. The quantitative estimate of drug-likeness (QED) is 0.696. The van der Waals surface area contributed by atoms with Gasteiger partial charge in [0.25, 0.3) is 5.91 Å². The van der Waals surface area contributed by atoms with Crippen LogP contribution in [0.5, 0.6) is 0 Å².